The van der Waals surface area contributed by atoms with E-state index >= 15 is 0 Å². The Kier molecular flexibility index (Phi) is 2.07. The molecule has 1 aliphatic rings. The van der Waals surface area contributed by atoms with Gasteiger partial charge in [0.05, 0.1) is 11.5 Å². The van der Waals surface area contributed by atoms with Crippen molar-refractivity contribution in [2.45, 2.75) is 12.8 Å². The zero-order chi connectivity index (χ0) is 11.2. The maximum Gasteiger partial charge on any atom is 0.151 e. The van der Waals surface area contributed by atoms with Crippen LogP contribution in [0, 0.1) is 0 Å². The summed E-state index contributed by atoms with van der Waals surface area (Å²) in [5.74, 6) is 0.550. The standard InChI is InChI=1S/C12H13NO2S/c14-16(15)7-5-10-9-3-1-2-4-11(9)13-12(10)6-8-16/h1-4,13H,5-8H2. The first-order valence-electron chi connectivity index (χ1n) is 5.45. The second-order valence-electron chi connectivity index (χ2n) is 4.28. The molecule has 0 saturated carbocycles. The highest BCUT2D eigenvalue weighted by molar-refractivity contribution is 7.91. The Morgan fingerprint density at radius 1 is 1.06 bits per heavy atom. The molecule has 1 aromatic carbocycles. The van der Waals surface area contributed by atoms with Gasteiger partial charge < -0.3 is 4.98 Å². The fourth-order valence-electron chi connectivity index (χ4n) is 2.37. The molecule has 3 nitrogen and oxygen atoms in total. The van der Waals surface area contributed by atoms with Gasteiger partial charge in [0.1, 0.15) is 0 Å². The zero-order valence-corrected chi connectivity index (χ0v) is 9.68. The first-order chi connectivity index (χ1) is 7.66. The van der Waals surface area contributed by atoms with Crippen LogP contribution in [0.2, 0.25) is 0 Å². The highest BCUT2D eigenvalue weighted by atomic mass is 32.2. The molecular weight excluding hydrogens is 222 g/mol. The van der Waals surface area contributed by atoms with Crippen LogP contribution in [0.4, 0.5) is 0 Å². The zero-order valence-electron chi connectivity index (χ0n) is 8.86. The Morgan fingerprint density at radius 3 is 2.69 bits per heavy atom. The summed E-state index contributed by atoms with van der Waals surface area (Å²) in [6.07, 6.45) is 1.26. The van der Waals surface area contributed by atoms with E-state index in [9.17, 15) is 8.42 Å². The van der Waals surface area contributed by atoms with Gasteiger partial charge in [0.15, 0.2) is 9.84 Å². The molecule has 0 saturated heterocycles. The Bertz CT molecular complexity index is 640. The predicted molar refractivity (Wildman–Crippen MR) is 64.4 cm³/mol. The Labute approximate surface area is 94.4 Å². The number of para-hydroxylation sites is 1. The van der Waals surface area contributed by atoms with Gasteiger partial charge in [0.2, 0.25) is 0 Å². The van der Waals surface area contributed by atoms with E-state index in [0.29, 0.717) is 12.8 Å². The third-order valence-electron chi connectivity index (χ3n) is 3.23. The number of hydrogen-bond acceptors (Lipinski definition) is 2. The van der Waals surface area contributed by atoms with E-state index in [-0.39, 0.29) is 11.5 Å². The van der Waals surface area contributed by atoms with E-state index < -0.39 is 9.84 Å². The van der Waals surface area contributed by atoms with Gasteiger partial charge in [-0.3, -0.25) is 0 Å². The number of rotatable bonds is 0. The summed E-state index contributed by atoms with van der Waals surface area (Å²) in [4.78, 5) is 3.33. The maximum absolute atomic E-state index is 11.6. The van der Waals surface area contributed by atoms with Crippen molar-refractivity contribution in [3.63, 3.8) is 0 Å². The Hall–Kier alpha value is -1.29. The fourth-order valence-corrected chi connectivity index (χ4v) is 3.61. The molecule has 1 aliphatic heterocycles. The number of aryl methyl sites for hydroxylation is 2. The van der Waals surface area contributed by atoms with E-state index in [4.69, 9.17) is 0 Å². The number of hydrogen-bond donors (Lipinski definition) is 1. The van der Waals surface area contributed by atoms with E-state index in [2.05, 4.69) is 11.1 Å². The van der Waals surface area contributed by atoms with Gasteiger partial charge in [-0.25, -0.2) is 8.42 Å². The molecule has 0 spiro atoms. The molecule has 2 aromatic rings. The highest BCUT2D eigenvalue weighted by Gasteiger charge is 2.21. The topological polar surface area (TPSA) is 49.9 Å². The monoisotopic (exact) mass is 235 g/mol. The maximum atomic E-state index is 11.6. The van der Waals surface area contributed by atoms with Crippen LogP contribution in [-0.4, -0.2) is 24.9 Å². The van der Waals surface area contributed by atoms with Crippen molar-refractivity contribution in [2.24, 2.45) is 0 Å². The molecule has 84 valence electrons. The molecule has 0 radical (unpaired) electrons. The SMILES string of the molecule is O=S1(=O)CCc2[nH]c3ccccc3c2CC1. The molecule has 4 heteroatoms. The summed E-state index contributed by atoms with van der Waals surface area (Å²) in [7, 11) is -2.85. The quantitative estimate of drug-likeness (QED) is 0.755. The van der Waals surface area contributed by atoms with E-state index in [0.717, 1.165) is 11.2 Å². The van der Waals surface area contributed by atoms with Crippen molar-refractivity contribution < 1.29 is 8.42 Å². The number of aromatic nitrogens is 1. The molecule has 1 N–H and O–H groups in total. The van der Waals surface area contributed by atoms with Crippen LogP contribution in [0.1, 0.15) is 11.3 Å². The Morgan fingerprint density at radius 2 is 1.81 bits per heavy atom. The molecule has 16 heavy (non-hydrogen) atoms. The minimum Gasteiger partial charge on any atom is -0.358 e. The van der Waals surface area contributed by atoms with Crippen LogP contribution >= 0.6 is 0 Å². The number of aromatic amines is 1. The van der Waals surface area contributed by atoms with Crippen LogP contribution in [0.25, 0.3) is 10.9 Å². The van der Waals surface area contributed by atoms with Crippen LogP contribution < -0.4 is 0 Å². The lowest BCUT2D eigenvalue weighted by atomic mass is 10.1. The van der Waals surface area contributed by atoms with E-state index in [1.165, 1.54) is 10.9 Å². The first kappa shape index (κ1) is 9.90. The lowest BCUT2D eigenvalue weighted by Gasteiger charge is -1.97. The second-order valence-corrected chi connectivity index (χ2v) is 6.58. The summed E-state index contributed by atoms with van der Waals surface area (Å²) in [5, 5.41) is 1.18. The van der Waals surface area contributed by atoms with Crippen molar-refractivity contribution in [1.29, 1.82) is 0 Å². The molecule has 0 bridgehead atoms. The third kappa shape index (κ3) is 1.53. The molecule has 1 aromatic heterocycles. The fraction of sp³-hybridized carbons (Fsp3) is 0.333. The van der Waals surface area contributed by atoms with Crippen molar-refractivity contribution in [3.8, 4) is 0 Å². The average molecular weight is 235 g/mol. The number of fused-ring (bicyclic) bond motifs is 3. The van der Waals surface area contributed by atoms with Gasteiger partial charge in [-0.05, 0) is 18.1 Å². The normalized spacial score (nSPS) is 19.2. The summed E-state index contributed by atoms with van der Waals surface area (Å²) in [6.45, 7) is 0. The van der Waals surface area contributed by atoms with Crippen LogP contribution in [0.3, 0.4) is 0 Å². The molecule has 2 heterocycles. The van der Waals surface area contributed by atoms with Gasteiger partial charge in [-0.1, -0.05) is 18.2 Å². The number of nitrogens with one attached hydrogen (secondary N) is 1. The number of benzene rings is 1. The smallest absolute Gasteiger partial charge is 0.151 e. The minimum absolute atomic E-state index is 0.271. The minimum atomic E-state index is -2.85. The molecule has 0 fully saturated rings. The first-order valence-corrected chi connectivity index (χ1v) is 7.27. The van der Waals surface area contributed by atoms with Crippen molar-refractivity contribution in [2.75, 3.05) is 11.5 Å². The van der Waals surface area contributed by atoms with Crippen molar-refractivity contribution in [1.82, 2.24) is 4.98 Å². The largest absolute Gasteiger partial charge is 0.358 e. The van der Waals surface area contributed by atoms with E-state index in [1.807, 2.05) is 18.2 Å². The Balaban J connectivity index is 2.17. The second kappa shape index (κ2) is 3.35. The molecule has 0 unspecified atom stereocenters. The average Bonchev–Trinajstić information content (AvgIpc) is 2.54. The van der Waals surface area contributed by atoms with E-state index in [1.54, 1.807) is 0 Å². The summed E-state index contributed by atoms with van der Waals surface area (Å²) in [6, 6.07) is 8.09. The van der Waals surface area contributed by atoms with Gasteiger partial charge in [0, 0.05) is 23.0 Å². The predicted octanol–water partition coefficient (Wildman–Crippen LogP) is 1.68. The van der Waals surface area contributed by atoms with Crippen LogP contribution in [0.15, 0.2) is 24.3 Å². The molecule has 3 rings (SSSR count). The lowest BCUT2D eigenvalue weighted by molar-refractivity contribution is 0.596. The van der Waals surface area contributed by atoms with Crippen LogP contribution in [-0.2, 0) is 22.7 Å². The number of sulfone groups is 1. The lowest BCUT2D eigenvalue weighted by Crippen LogP contribution is -2.10. The molecular formula is C12H13NO2S. The van der Waals surface area contributed by atoms with Crippen LogP contribution in [0.5, 0.6) is 0 Å². The van der Waals surface area contributed by atoms with Gasteiger partial charge >= 0.3 is 0 Å². The van der Waals surface area contributed by atoms with Gasteiger partial charge in [-0.15, -0.1) is 0 Å². The highest BCUT2D eigenvalue weighted by Crippen LogP contribution is 2.25. The number of H-pyrrole nitrogens is 1. The van der Waals surface area contributed by atoms with Gasteiger partial charge in [0.25, 0.3) is 0 Å². The summed E-state index contributed by atoms with van der Waals surface area (Å²) >= 11 is 0. The molecule has 0 atom stereocenters. The molecule has 0 aliphatic carbocycles. The summed E-state index contributed by atoms with van der Waals surface area (Å²) in [5.41, 5.74) is 3.41. The van der Waals surface area contributed by atoms with Gasteiger partial charge in [-0.2, -0.15) is 0 Å². The van der Waals surface area contributed by atoms with Crippen molar-refractivity contribution >= 4 is 20.7 Å². The third-order valence-corrected chi connectivity index (χ3v) is 4.88. The summed E-state index contributed by atoms with van der Waals surface area (Å²) < 4.78 is 23.1. The van der Waals surface area contributed by atoms with Crippen molar-refractivity contribution in [3.05, 3.63) is 35.5 Å². The molecule has 0 amide bonds.